The first-order valence-corrected chi connectivity index (χ1v) is 9.33. The van der Waals surface area contributed by atoms with Crippen LogP contribution in [0, 0.1) is 5.41 Å². The SMILES string of the molecule is C[C@@H]1CC2(CCN1C(=O)[C@@H](C)Nc1ncnc3cc(Cl)ccc13)CC2. The van der Waals surface area contributed by atoms with E-state index >= 15 is 0 Å². The lowest BCUT2D eigenvalue weighted by atomic mass is 9.88. The van der Waals surface area contributed by atoms with Crippen molar-refractivity contribution in [2.75, 3.05) is 11.9 Å². The molecule has 0 unspecified atom stereocenters. The molecule has 1 spiro atoms. The van der Waals surface area contributed by atoms with Gasteiger partial charge in [-0.25, -0.2) is 9.97 Å². The summed E-state index contributed by atoms with van der Waals surface area (Å²) in [6.45, 7) is 4.94. The van der Waals surface area contributed by atoms with Crippen molar-refractivity contribution < 1.29 is 4.79 Å². The van der Waals surface area contributed by atoms with E-state index in [0.717, 1.165) is 30.3 Å². The molecule has 1 aromatic heterocycles. The molecule has 1 saturated heterocycles. The Balaban J connectivity index is 1.50. The smallest absolute Gasteiger partial charge is 0.245 e. The Kier molecular flexibility index (Phi) is 4.07. The van der Waals surface area contributed by atoms with E-state index in [0.29, 0.717) is 22.3 Å². The van der Waals surface area contributed by atoms with Crippen molar-refractivity contribution in [2.45, 2.75) is 51.6 Å². The minimum atomic E-state index is -0.329. The van der Waals surface area contributed by atoms with Gasteiger partial charge in [-0.1, -0.05) is 11.6 Å². The molecule has 6 heteroatoms. The maximum atomic E-state index is 12.9. The second-order valence-corrected chi connectivity index (χ2v) is 8.02. The predicted molar refractivity (Wildman–Crippen MR) is 99.7 cm³/mol. The second-order valence-electron chi connectivity index (χ2n) is 7.58. The average molecular weight is 359 g/mol. The topological polar surface area (TPSA) is 58.1 Å². The number of piperidine rings is 1. The Labute approximate surface area is 152 Å². The van der Waals surface area contributed by atoms with Gasteiger partial charge < -0.3 is 10.2 Å². The Morgan fingerprint density at radius 3 is 2.88 bits per heavy atom. The van der Waals surface area contributed by atoms with Crippen LogP contribution in [0.5, 0.6) is 0 Å². The van der Waals surface area contributed by atoms with Gasteiger partial charge >= 0.3 is 0 Å². The van der Waals surface area contributed by atoms with Crippen LogP contribution < -0.4 is 5.32 Å². The highest BCUT2D eigenvalue weighted by atomic mass is 35.5. The lowest BCUT2D eigenvalue weighted by Crippen LogP contribution is -2.50. The number of halogens is 1. The molecule has 1 amide bonds. The van der Waals surface area contributed by atoms with Gasteiger partial charge in [-0.3, -0.25) is 4.79 Å². The molecule has 2 heterocycles. The summed E-state index contributed by atoms with van der Waals surface area (Å²) in [6.07, 6.45) is 6.45. The number of fused-ring (bicyclic) bond motifs is 1. The number of amides is 1. The molecule has 2 fully saturated rings. The third-order valence-electron chi connectivity index (χ3n) is 5.71. The van der Waals surface area contributed by atoms with E-state index < -0.39 is 0 Å². The van der Waals surface area contributed by atoms with Gasteiger partial charge in [-0.2, -0.15) is 0 Å². The summed E-state index contributed by atoms with van der Waals surface area (Å²) in [4.78, 5) is 23.5. The number of carbonyl (C=O) groups is 1. The predicted octanol–water partition coefficient (Wildman–Crippen LogP) is 3.87. The van der Waals surface area contributed by atoms with Crippen molar-refractivity contribution in [1.82, 2.24) is 14.9 Å². The number of rotatable bonds is 3. The van der Waals surface area contributed by atoms with E-state index in [9.17, 15) is 4.79 Å². The first kappa shape index (κ1) is 16.6. The normalized spacial score (nSPS) is 22.8. The first-order valence-electron chi connectivity index (χ1n) is 8.95. The van der Waals surface area contributed by atoms with Gasteiger partial charge in [0.05, 0.1) is 5.52 Å². The van der Waals surface area contributed by atoms with E-state index in [2.05, 4.69) is 22.2 Å². The van der Waals surface area contributed by atoms with Crippen LogP contribution in [0.1, 0.15) is 39.5 Å². The molecular formula is C19H23ClN4O. The zero-order valence-electron chi connectivity index (χ0n) is 14.6. The summed E-state index contributed by atoms with van der Waals surface area (Å²) in [5.74, 6) is 0.814. The molecule has 1 aliphatic heterocycles. The lowest BCUT2D eigenvalue weighted by molar-refractivity contribution is -0.135. The molecule has 1 saturated carbocycles. The number of carbonyl (C=O) groups excluding carboxylic acids is 1. The summed E-state index contributed by atoms with van der Waals surface area (Å²) in [6, 6.07) is 5.49. The molecule has 1 aromatic carbocycles. The number of nitrogens with zero attached hydrogens (tertiary/aromatic N) is 3. The molecule has 4 rings (SSSR count). The third kappa shape index (κ3) is 3.17. The number of likely N-dealkylation sites (tertiary alicyclic amines) is 1. The molecule has 132 valence electrons. The van der Waals surface area contributed by atoms with Crippen molar-refractivity contribution in [3.05, 3.63) is 29.5 Å². The highest BCUT2D eigenvalue weighted by Gasteiger charge is 2.48. The minimum absolute atomic E-state index is 0.142. The van der Waals surface area contributed by atoms with Crippen molar-refractivity contribution in [3.8, 4) is 0 Å². The molecule has 25 heavy (non-hydrogen) atoms. The fraction of sp³-hybridized carbons (Fsp3) is 0.526. The van der Waals surface area contributed by atoms with Crippen LogP contribution in [0.15, 0.2) is 24.5 Å². The van der Waals surface area contributed by atoms with Gasteiger partial charge in [-0.05, 0) is 63.1 Å². The summed E-state index contributed by atoms with van der Waals surface area (Å²) < 4.78 is 0. The van der Waals surface area contributed by atoms with Crippen molar-refractivity contribution in [1.29, 1.82) is 0 Å². The van der Waals surface area contributed by atoms with Gasteiger partial charge in [0, 0.05) is 23.0 Å². The Hall–Kier alpha value is -1.88. The Morgan fingerprint density at radius 1 is 1.36 bits per heavy atom. The van der Waals surface area contributed by atoms with E-state index in [-0.39, 0.29) is 11.9 Å². The Bertz CT molecular complexity index is 820. The fourth-order valence-corrected chi connectivity index (χ4v) is 4.20. The number of nitrogens with one attached hydrogen (secondary N) is 1. The van der Waals surface area contributed by atoms with Crippen LogP contribution in [0.25, 0.3) is 10.9 Å². The number of anilines is 1. The van der Waals surface area contributed by atoms with Crippen LogP contribution >= 0.6 is 11.6 Å². The van der Waals surface area contributed by atoms with Gasteiger partial charge in [-0.15, -0.1) is 0 Å². The standard InChI is InChI=1S/C19H23ClN4O/c1-12-10-19(5-6-19)7-8-24(12)18(25)13(2)23-17-15-4-3-14(20)9-16(15)21-11-22-17/h3-4,9,11-13H,5-8,10H2,1-2H3,(H,21,22,23)/t12-,13-/m1/s1. The molecule has 5 nitrogen and oxygen atoms in total. The van der Waals surface area contributed by atoms with Crippen molar-refractivity contribution >= 4 is 34.2 Å². The molecular weight excluding hydrogens is 336 g/mol. The molecule has 0 radical (unpaired) electrons. The number of hydrogen-bond acceptors (Lipinski definition) is 4. The number of benzene rings is 1. The van der Waals surface area contributed by atoms with Crippen LogP contribution in [0.4, 0.5) is 5.82 Å². The van der Waals surface area contributed by atoms with Gasteiger partial charge in [0.15, 0.2) is 0 Å². The minimum Gasteiger partial charge on any atom is -0.358 e. The van der Waals surface area contributed by atoms with E-state index in [1.165, 1.54) is 19.2 Å². The van der Waals surface area contributed by atoms with Gasteiger partial charge in [0.2, 0.25) is 5.91 Å². The largest absolute Gasteiger partial charge is 0.358 e. The van der Waals surface area contributed by atoms with E-state index in [1.54, 1.807) is 6.07 Å². The van der Waals surface area contributed by atoms with E-state index in [4.69, 9.17) is 11.6 Å². The monoisotopic (exact) mass is 358 g/mol. The lowest BCUT2D eigenvalue weighted by Gasteiger charge is -2.39. The average Bonchev–Trinajstić information content (AvgIpc) is 3.33. The first-order chi connectivity index (χ1) is 12.0. The quantitative estimate of drug-likeness (QED) is 0.904. The summed E-state index contributed by atoms with van der Waals surface area (Å²) in [5, 5.41) is 4.78. The molecule has 2 atom stereocenters. The van der Waals surface area contributed by atoms with E-state index in [1.807, 2.05) is 24.0 Å². The molecule has 0 bridgehead atoms. The zero-order valence-corrected chi connectivity index (χ0v) is 15.4. The van der Waals surface area contributed by atoms with Gasteiger partial charge in [0.1, 0.15) is 18.2 Å². The number of hydrogen-bond donors (Lipinski definition) is 1. The molecule has 2 aromatic rings. The van der Waals surface area contributed by atoms with Crippen molar-refractivity contribution in [3.63, 3.8) is 0 Å². The number of aromatic nitrogens is 2. The van der Waals surface area contributed by atoms with Gasteiger partial charge in [0.25, 0.3) is 0 Å². The highest BCUT2D eigenvalue weighted by Crippen LogP contribution is 2.55. The molecule has 1 N–H and O–H groups in total. The zero-order chi connectivity index (χ0) is 17.6. The summed E-state index contributed by atoms with van der Waals surface area (Å²) in [7, 11) is 0. The van der Waals surface area contributed by atoms with Crippen LogP contribution in [-0.4, -0.2) is 39.4 Å². The molecule has 1 aliphatic carbocycles. The maximum absolute atomic E-state index is 12.9. The second kappa shape index (κ2) is 6.13. The fourth-order valence-electron chi connectivity index (χ4n) is 4.04. The Morgan fingerprint density at radius 2 is 2.16 bits per heavy atom. The molecule has 2 aliphatic rings. The summed E-state index contributed by atoms with van der Waals surface area (Å²) >= 11 is 6.03. The highest BCUT2D eigenvalue weighted by molar-refractivity contribution is 6.31. The van der Waals surface area contributed by atoms with Crippen LogP contribution in [0.2, 0.25) is 5.02 Å². The van der Waals surface area contributed by atoms with Crippen LogP contribution in [0.3, 0.4) is 0 Å². The van der Waals surface area contributed by atoms with Crippen LogP contribution in [-0.2, 0) is 4.79 Å². The third-order valence-corrected chi connectivity index (χ3v) is 5.94. The van der Waals surface area contributed by atoms with Crippen molar-refractivity contribution in [2.24, 2.45) is 5.41 Å². The summed E-state index contributed by atoms with van der Waals surface area (Å²) in [5.41, 5.74) is 1.32. The maximum Gasteiger partial charge on any atom is 0.245 e.